The molecule has 2 heterocycles. The van der Waals surface area contributed by atoms with E-state index in [-0.39, 0.29) is 31.6 Å². The van der Waals surface area contributed by atoms with Crippen LogP contribution in [0.15, 0.2) is 17.3 Å². The van der Waals surface area contributed by atoms with Crippen LogP contribution in [0, 0.1) is 24.2 Å². The molecule has 12 heteroatoms. The van der Waals surface area contributed by atoms with Gasteiger partial charge in [0.15, 0.2) is 17.2 Å². The lowest BCUT2D eigenvalue weighted by atomic mass is 9.84. The van der Waals surface area contributed by atoms with Gasteiger partial charge >= 0.3 is 6.09 Å². The minimum Gasteiger partial charge on any atom is -0.492 e. The highest BCUT2D eigenvalue weighted by atomic mass is 35.5. The van der Waals surface area contributed by atoms with E-state index in [1.54, 1.807) is 33.8 Å². The monoisotopic (exact) mass is 701 g/mol. The second-order valence-corrected chi connectivity index (χ2v) is 16.3. The Bertz CT molecular complexity index is 1480. The van der Waals surface area contributed by atoms with Gasteiger partial charge in [0.2, 0.25) is 11.7 Å². The highest BCUT2D eigenvalue weighted by Gasteiger charge is 2.55. The summed E-state index contributed by atoms with van der Waals surface area (Å²) in [7, 11) is 0. The number of halogens is 1. The number of Topliss-reactive ketones (excluding diaryl/α,β-unsaturated/α-hetero) is 3. The Hall–Kier alpha value is -3.47. The molecule has 270 valence electrons. The molecule has 3 aliphatic rings. The van der Waals surface area contributed by atoms with Crippen LogP contribution in [0.3, 0.4) is 0 Å². The summed E-state index contributed by atoms with van der Waals surface area (Å²) in [5.74, 6) is -1.67. The van der Waals surface area contributed by atoms with Gasteiger partial charge in [0, 0.05) is 37.2 Å². The summed E-state index contributed by atoms with van der Waals surface area (Å²) >= 11 is 6.56. The summed E-state index contributed by atoms with van der Waals surface area (Å²) < 4.78 is 11.2. The van der Waals surface area contributed by atoms with E-state index in [1.165, 1.54) is 4.90 Å². The number of aryl methyl sites for hydroxylation is 1. The van der Waals surface area contributed by atoms with Crippen molar-refractivity contribution < 1.29 is 38.3 Å². The molecule has 1 spiro atoms. The summed E-state index contributed by atoms with van der Waals surface area (Å²) in [6.45, 7) is 16.6. The fourth-order valence-corrected chi connectivity index (χ4v) is 6.94. The van der Waals surface area contributed by atoms with Crippen molar-refractivity contribution in [2.24, 2.45) is 22.4 Å². The predicted octanol–water partition coefficient (Wildman–Crippen LogP) is 6.37. The van der Waals surface area contributed by atoms with Gasteiger partial charge in [0.1, 0.15) is 17.4 Å². The van der Waals surface area contributed by atoms with Crippen molar-refractivity contribution in [3.8, 4) is 5.75 Å². The SMILES string of the molecule is CCOc1c(C)cc(C2=NO[C@]3(C2)C[C@@H](C(=O)C[C@@H](CC2CC2)C(=O)C(=O)CC)N(C(=O)[C@@H](NC(=O)OC(C)(C)C)C(C)(C)C)C3)cc1Cl. The fraction of sp³-hybridized carbons (Fsp3) is 0.676. The van der Waals surface area contributed by atoms with Crippen LogP contribution in [0.2, 0.25) is 5.02 Å². The van der Waals surface area contributed by atoms with Crippen LogP contribution in [0.25, 0.3) is 0 Å². The van der Waals surface area contributed by atoms with Crippen LogP contribution in [0.5, 0.6) is 5.75 Å². The Kier molecular flexibility index (Phi) is 11.6. The van der Waals surface area contributed by atoms with Crippen molar-refractivity contribution in [1.82, 2.24) is 10.2 Å². The van der Waals surface area contributed by atoms with E-state index < -0.39 is 58.2 Å². The van der Waals surface area contributed by atoms with Crippen molar-refractivity contribution in [3.63, 3.8) is 0 Å². The van der Waals surface area contributed by atoms with Crippen LogP contribution < -0.4 is 10.1 Å². The molecule has 0 radical (unpaired) electrons. The number of hydrogen-bond donors (Lipinski definition) is 1. The molecule has 1 N–H and O–H groups in total. The number of ether oxygens (including phenoxy) is 2. The van der Waals surface area contributed by atoms with Gasteiger partial charge in [-0.1, -0.05) is 57.3 Å². The van der Waals surface area contributed by atoms with Crippen LogP contribution in [-0.4, -0.2) is 76.4 Å². The first kappa shape index (κ1) is 38.3. The highest BCUT2D eigenvalue weighted by molar-refractivity contribution is 6.38. The molecular formula is C37H52ClN3O8. The predicted molar refractivity (Wildman–Crippen MR) is 186 cm³/mol. The molecule has 1 saturated carbocycles. The summed E-state index contributed by atoms with van der Waals surface area (Å²) in [5, 5.41) is 7.60. The minimum absolute atomic E-state index is 0.0245. The van der Waals surface area contributed by atoms with E-state index >= 15 is 0 Å². The van der Waals surface area contributed by atoms with Crippen LogP contribution in [-0.2, 0) is 28.8 Å². The second-order valence-electron chi connectivity index (χ2n) is 15.8. The molecule has 1 saturated heterocycles. The molecule has 0 aromatic heterocycles. The van der Waals surface area contributed by atoms with E-state index in [4.69, 9.17) is 25.9 Å². The zero-order valence-corrected chi connectivity index (χ0v) is 31.1. The van der Waals surface area contributed by atoms with E-state index in [1.807, 2.05) is 40.7 Å². The van der Waals surface area contributed by atoms with E-state index in [2.05, 4.69) is 10.5 Å². The lowest BCUT2D eigenvalue weighted by Crippen LogP contribution is -2.57. The number of amides is 2. The first-order valence-electron chi connectivity index (χ1n) is 17.4. The van der Waals surface area contributed by atoms with E-state index in [0.717, 1.165) is 24.0 Å². The molecule has 0 bridgehead atoms. The van der Waals surface area contributed by atoms with Gasteiger partial charge < -0.3 is 24.5 Å². The van der Waals surface area contributed by atoms with Crippen molar-refractivity contribution >= 4 is 46.7 Å². The number of rotatable bonds is 13. The number of nitrogens with one attached hydrogen (secondary N) is 1. The molecule has 2 aliphatic heterocycles. The third kappa shape index (κ3) is 9.41. The number of carbonyl (C=O) groups excluding carboxylic acids is 5. The summed E-state index contributed by atoms with van der Waals surface area (Å²) in [5.41, 5.74) is -0.402. The van der Waals surface area contributed by atoms with Crippen LogP contribution >= 0.6 is 11.6 Å². The Morgan fingerprint density at radius 1 is 1.10 bits per heavy atom. The van der Waals surface area contributed by atoms with E-state index in [9.17, 15) is 24.0 Å². The molecule has 49 heavy (non-hydrogen) atoms. The molecular weight excluding hydrogens is 650 g/mol. The van der Waals surface area contributed by atoms with Gasteiger partial charge in [0.25, 0.3) is 0 Å². The number of nitrogens with zero attached hydrogens (tertiary/aromatic N) is 2. The molecule has 2 fully saturated rings. The smallest absolute Gasteiger partial charge is 0.408 e. The van der Waals surface area contributed by atoms with Gasteiger partial charge in [-0.3, -0.25) is 19.2 Å². The third-order valence-corrected chi connectivity index (χ3v) is 9.53. The lowest BCUT2D eigenvalue weighted by Gasteiger charge is -2.36. The van der Waals surface area contributed by atoms with Gasteiger partial charge in [-0.2, -0.15) is 0 Å². The molecule has 4 rings (SSSR count). The minimum atomic E-state index is -1.05. The van der Waals surface area contributed by atoms with Gasteiger partial charge in [-0.05, 0) is 70.1 Å². The van der Waals surface area contributed by atoms with Crippen molar-refractivity contribution in [1.29, 1.82) is 0 Å². The highest BCUT2D eigenvalue weighted by Crippen LogP contribution is 2.43. The van der Waals surface area contributed by atoms with E-state index in [0.29, 0.717) is 41.9 Å². The number of alkyl carbamates (subject to hydrolysis) is 1. The molecule has 1 aliphatic carbocycles. The van der Waals surface area contributed by atoms with Crippen molar-refractivity contribution in [3.05, 3.63) is 28.3 Å². The maximum atomic E-state index is 14.5. The van der Waals surface area contributed by atoms with Crippen molar-refractivity contribution in [2.75, 3.05) is 13.2 Å². The number of hydrogen-bond acceptors (Lipinski definition) is 9. The van der Waals surface area contributed by atoms with Gasteiger partial charge in [-0.25, -0.2) is 4.79 Å². The van der Waals surface area contributed by atoms with Crippen LogP contribution in [0.1, 0.15) is 111 Å². The quantitative estimate of drug-likeness (QED) is 0.234. The maximum Gasteiger partial charge on any atom is 0.408 e. The summed E-state index contributed by atoms with van der Waals surface area (Å²) in [4.78, 5) is 74.9. The first-order valence-corrected chi connectivity index (χ1v) is 17.7. The average Bonchev–Trinajstić information content (AvgIpc) is 3.60. The van der Waals surface area contributed by atoms with Gasteiger partial charge in [-0.15, -0.1) is 0 Å². The Morgan fingerprint density at radius 3 is 2.33 bits per heavy atom. The second kappa shape index (κ2) is 14.8. The average molecular weight is 702 g/mol. The summed E-state index contributed by atoms with van der Waals surface area (Å²) in [6, 6.07) is 1.66. The summed E-state index contributed by atoms with van der Waals surface area (Å²) in [6.07, 6.45) is 1.96. The number of likely N-dealkylation sites (tertiary alicyclic amines) is 1. The fourth-order valence-electron chi connectivity index (χ4n) is 6.62. The standard InChI is InChI=1S/C37H52ClN3O8/c1-10-28(42)30(44)24(15-22-12-13-22)17-29(43)27-19-37(18-26(40-49-37)23-14-21(3)31(47-11-2)25(38)16-23)20-41(27)33(45)32(35(4,5)6)39-34(46)48-36(7,8)9/h14,16,22,24,27,32H,10-13,15,17-20H2,1-9H3,(H,39,46)/t24-,27+,32-,37-/m1/s1. The Balaban J connectivity index is 1.66. The Labute approximate surface area is 294 Å². The lowest BCUT2D eigenvalue weighted by molar-refractivity contribution is -0.143. The topological polar surface area (TPSA) is 141 Å². The largest absolute Gasteiger partial charge is 0.492 e. The third-order valence-electron chi connectivity index (χ3n) is 9.25. The van der Waals surface area contributed by atoms with Crippen LogP contribution in [0.4, 0.5) is 4.79 Å². The zero-order chi connectivity index (χ0) is 36.5. The Morgan fingerprint density at radius 2 is 1.78 bits per heavy atom. The van der Waals surface area contributed by atoms with Gasteiger partial charge in [0.05, 0.1) is 29.9 Å². The number of benzene rings is 1. The zero-order valence-electron chi connectivity index (χ0n) is 30.4. The molecule has 1 aromatic carbocycles. The molecule has 1 aromatic rings. The molecule has 11 nitrogen and oxygen atoms in total. The number of oxime groups is 1. The normalized spacial score (nSPS) is 21.9. The van der Waals surface area contributed by atoms with Crippen molar-refractivity contribution in [2.45, 2.75) is 131 Å². The number of carbonyl (C=O) groups is 5. The first-order chi connectivity index (χ1) is 22.8. The molecule has 0 unspecified atom stereocenters. The maximum absolute atomic E-state index is 14.5. The molecule has 4 atom stereocenters. The number of ketones is 3. The molecule has 2 amide bonds.